The van der Waals surface area contributed by atoms with Gasteiger partial charge in [-0.25, -0.2) is 0 Å². The molecule has 1 saturated carbocycles. The Labute approximate surface area is 111 Å². The number of hydrogen-bond acceptors (Lipinski definition) is 4. The van der Waals surface area contributed by atoms with Gasteiger partial charge in [0.05, 0.1) is 11.1 Å². The van der Waals surface area contributed by atoms with Gasteiger partial charge in [-0.3, -0.25) is 14.9 Å². The molecule has 0 atom stereocenters. The fourth-order valence-electron chi connectivity index (χ4n) is 2.58. The molecule has 2 rings (SSSR count). The number of aliphatic carboxylic acids is 1. The number of carbonyl (C=O) groups excluding carboxylic acids is 1. The maximum Gasteiger partial charge on any atom is 0.310 e. The molecule has 1 heterocycles. The second kappa shape index (κ2) is 5.42. The fraction of sp³-hybridized carbons (Fsp3) is 0.615. The SMILES string of the molecule is Cc1coc(NC(=O)CC2(C(=O)O)CCCCC2)n1. The first-order chi connectivity index (χ1) is 9.02. The van der Waals surface area contributed by atoms with Gasteiger partial charge < -0.3 is 9.52 Å². The van der Waals surface area contributed by atoms with Gasteiger partial charge >= 0.3 is 12.0 Å². The highest BCUT2D eigenvalue weighted by Crippen LogP contribution is 2.39. The number of anilines is 1. The Morgan fingerprint density at radius 1 is 1.42 bits per heavy atom. The van der Waals surface area contributed by atoms with E-state index in [-0.39, 0.29) is 18.3 Å². The van der Waals surface area contributed by atoms with E-state index in [0.29, 0.717) is 18.5 Å². The predicted octanol–water partition coefficient (Wildman–Crippen LogP) is 2.35. The quantitative estimate of drug-likeness (QED) is 0.872. The lowest BCUT2D eigenvalue weighted by molar-refractivity contribution is -0.153. The Balaban J connectivity index is 2.01. The Morgan fingerprint density at radius 2 is 2.11 bits per heavy atom. The van der Waals surface area contributed by atoms with Crippen LogP contribution in [0.4, 0.5) is 6.01 Å². The third kappa shape index (κ3) is 3.13. The van der Waals surface area contributed by atoms with Crippen LogP contribution in [0.25, 0.3) is 0 Å². The summed E-state index contributed by atoms with van der Waals surface area (Å²) in [7, 11) is 0. The number of aromatic nitrogens is 1. The number of carbonyl (C=O) groups is 2. The molecule has 1 aromatic heterocycles. The van der Waals surface area contributed by atoms with Gasteiger partial charge in [-0.05, 0) is 19.8 Å². The Bertz CT molecular complexity index is 475. The Morgan fingerprint density at radius 3 is 2.63 bits per heavy atom. The average Bonchev–Trinajstić information content (AvgIpc) is 2.75. The highest BCUT2D eigenvalue weighted by Gasteiger charge is 2.41. The zero-order chi connectivity index (χ0) is 13.9. The molecule has 104 valence electrons. The van der Waals surface area contributed by atoms with Gasteiger partial charge in [-0.1, -0.05) is 19.3 Å². The first-order valence-corrected chi connectivity index (χ1v) is 6.47. The van der Waals surface area contributed by atoms with Gasteiger partial charge in [0.1, 0.15) is 6.26 Å². The van der Waals surface area contributed by atoms with Gasteiger partial charge in [0.15, 0.2) is 0 Å². The summed E-state index contributed by atoms with van der Waals surface area (Å²) >= 11 is 0. The number of nitrogens with one attached hydrogen (secondary N) is 1. The second-order valence-electron chi connectivity index (χ2n) is 5.17. The molecule has 1 aromatic rings. The number of carboxylic acid groups (broad SMARTS) is 1. The molecule has 0 bridgehead atoms. The van der Waals surface area contributed by atoms with Crippen LogP contribution >= 0.6 is 0 Å². The van der Waals surface area contributed by atoms with E-state index in [1.807, 2.05) is 0 Å². The molecule has 19 heavy (non-hydrogen) atoms. The molecule has 6 nitrogen and oxygen atoms in total. The normalized spacial score (nSPS) is 17.9. The van der Waals surface area contributed by atoms with Crippen LogP contribution in [-0.2, 0) is 9.59 Å². The highest BCUT2D eigenvalue weighted by molar-refractivity contribution is 5.92. The summed E-state index contributed by atoms with van der Waals surface area (Å²) in [5.41, 5.74) is -0.259. The van der Waals surface area contributed by atoms with E-state index < -0.39 is 11.4 Å². The highest BCUT2D eigenvalue weighted by atomic mass is 16.4. The van der Waals surface area contributed by atoms with Gasteiger partial charge in [0.2, 0.25) is 5.91 Å². The molecule has 1 aliphatic carbocycles. The lowest BCUT2D eigenvalue weighted by atomic mass is 9.71. The molecular weight excluding hydrogens is 248 g/mol. The monoisotopic (exact) mass is 266 g/mol. The third-order valence-electron chi connectivity index (χ3n) is 3.63. The van der Waals surface area contributed by atoms with Crippen molar-refractivity contribution in [1.82, 2.24) is 4.98 Å². The summed E-state index contributed by atoms with van der Waals surface area (Å²) in [5, 5.41) is 11.9. The number of oxazole rings is 1. The summed E-state index contributed by atoms with van der Waals surface area (Å²) in [6.07, 6.45) is 5.28. The van der Waals surface area contributed by atoms with Crippen molar-refractivity contribution in [2.24, 2.45) is 5.41 Å². The Kier molecular flexibility index (Phi) is 3.87. The number of nitrogens with zero attached hydrogens (tertiary/aromatic N) is 1. The van der Waals surface area contributed by atoms with E-state index in [1.165, 1.54) is 6.26 Å². The molecule has 0 aliphatic heterocycles. The summed E-state index contributed by atoms with van der Waals surface area (Å²) in [6.45, 7) is 1.75. The Hall–Kier alpha value is -1.85. The topological polar surface area (TPSA) is 92.4 Å². The van der Waals surface area contributed by atoms with E-state index in [4.69, 9.17) is 4.42 Å². The molecular formula is C13H18N2O4. The number of hydrogen-bond donors (Lipinski definition) is 2. The molecule has 6 heteroatoms. The van der Waals surface area contributed by atoms with Crippen LogP contribution in [0.2, 0.25) is 0 Å². The van der Waals surface area contributed by atoms with E-state index >= 15 is 0 Å². The van der Waals surface area contributed by atoms with Crippen LogP contribution in [0.15, 0.2) is 10.7 Å². The van der Waals surface area contributed by atoms with Gasteiger partial charge in [0.25, 0.3) is 0 Å². The van der Waals surface area contributed by atoms with Crippen molar-refractivity contribution in [3.05, 3.63) is 12.0 Å². The van der Waals surface area contributed by atoms with Crippen molar-refractivity contribution in [3.63, 3.8) is 0 Å². The maximum absolute atomic E-state index is 11.9. The molecule has 2 N–H and O–H groups in total. The number of rotatable bonds is 4. The van der Waals surface area contributed by atoms with Crippen LogP contribution in [0.5, 0.6) is 0 Å². The molecule has 0 unspecified atom stereocenters. The largest absolute Gasteiger partial charge is 0.481 e. The summed E-state index contributed by atoms with van der Waals surface area (Å²) in [4.78, 5) is 27.3. The molecule has 1 aliphatic rings. The minimum Gasteiger partial charge on any atom is -0.481 e. The van der Waals surface area contributed by atoms with Gasteiger partial charge in [-0.15, -0.1) is 0 Å². The zero-order valence-electron chi connectivity index (χ0n) is 10.9. The molecule has 1 amide bonds. The first kappa shape index (κ1) is 13.6. The fourth-order valence-corrected chi connectivity index (χ4v) is 2.58. The first-order valence-electron chi connectivity index (χ1n) is 6.47. The van der Waals surface area contributed by atoms with Crippen LogP contribution in [0, 0.1) is 12.3 Å². The van der Waals surface area contributed by atoms with Crippen LogP contribution in [0.1, 0.15) is 44.2 Å². The molecule has 1 fully saturated rings. The van der Waals surface area contributed by atoms with Crippen molar-refractivity contribution >= 4 is 17.9 Å². The van der Waals surface area contributed by atoms with Crippen LogP contribution < -0.4 is 5.32 Å². The van der Waals surface area contributed by atoms with E-state index in [0.717, 1.165) is 19.3 Å². The summed E-state index contributed by atoms with van der Waals surface area (Å²) in [6, 6.07) is 0.124. The van der Waals surface area contributed by atoms with Crippen molar-refractivity contribution in [2.75, 3.05) is 5.32 Å². The zero-order valence-corrected chi connectivity index (χ0v) is 10.9. The van der Waals surface area contributed by atoms with Crippen molar-refractivity contribution < 1.29 is 19.1 Å². The van der Waals surface area contributed by atoms with E-state index in [2.05, 4.69) is 10.3 Å². The van der Waals surface area contributed by atoms with Crippen molar-refractivity contribution in [2.45, 2.75) is 45.4 Å². The standard InChI is InChI=1S/C13H18N2O4/c1-9-8-19-12(14-9)15-10(16)7-13(11(17)18)5-3-2-4-6-13/h8H,2-7H2,1H3,(H,17,18)(H,14,15,16). The van der Waals surface area contributed by atoms with Crippen LogP contribution in [0.3, 0.4) is 0 Å². The van der Waals surface area contributed by atoms with Crippen molar-refractivity contribution in [3.8, 4) is 0 Å². The van der Waals surface area contributed by atoms with Crippen molar-refractivity contribution in [1.29, 1.82) is 0 Å². The van der Waals surface area contributed by atoms with Crippen LogP contribution in [-0.4, -0.2) is 22.0 Å². The van der Waals surface area contributed by atoms with Gasteiger partial charge in [0, 0.05) is 6.42 Å². The molecule has 0 spiro atoms. The average molecular weight is 266 g/mol. The summed E-state index contributed by atoms with van der Waals surface area (Å²) < 4.78 is 5.03. The molecule has 0 aromatic carbocycles. The van der Waals surface area contributed by atoms with E-state index in [9.17, 15) is 14.7 Å². The number of amides is 1. The maximum atomic E-state index is 11.9. The smallest absolute Gasteiger partial charge is 0.310 e. The minimum atomic E-state index is -0.927. The molecule has 0 radical (unpaired) electrons. The van der Waals surface area contributed by atoms with Gasteiger partial charge in [-0.2, -0.15) is 4.98 Å². The predicted molar refractivity (Wildman–Crippen MR) is 67.6 cm³/mol. The number of aryl methyl sites for hydroxylation is 1. The minimum absolute atomic E-state index is 0.0240. The molecule has 0 saturated heterocycles. The lowest BCUT2D eigenvalue weighted by Crippen LogP contribution is -2.37. The number of carboxylic acids is 1. The lowest BCUT2D eigenvalue weighted by Gasteiger charge is -2.32. The summed E-state index contributed by atoms with van der Waals surface area (Å²) in [5.74, 6) is -1.24. The second-order valence-corrected chi connectivity index (χ2v) is 5.17. The third-order valence-corrected chi connectivity index (χ3v) is 3.63. The van der Waals surface area contributed by atoms with E-state index in [1.54, 1.807) is 6.92 Å².